The lowest BCUT2D eigenvalue weighted by Crippen LogP contribution is -2.46. The Kier molecular flexibility index (Phi) is 3.84. The fourth-order valence-electron chi connectivity index (χ4n) is 3.55. The lowest BCUT2D eigenvalue weighted by Gasteiger charge is -2.26. The molecule has 0 bridgehead atoms. The number of aryl methyl sites for hydroxylation is 2. The third-order valence-corrected chi connectivity index (χ3v) is 4.82. The van der Waals surface area contributed by atoms with Gasteiger partial charge in [0.25, 0.3) is 5.91 Å². The van der Waals surface area contributed by atoms with Crippen LogP contribution in [0.3, 0.4) is 0 Å². The van der Waals surface area contributed by atoms with Gasteiger partial charge in [-0.25, -0.2) is 0 Å². The van der Waals surface area contributed by atoms with E-state index in [1.807, 2.05) is 18.2 Å². The first-order valence-corrected chi connectivity index (χ1v) is 8.46. The Bertz CT molecular complexity index is 888. The number of rotatable bonds is 3. The van der Waals surface area contributed by atoms with Crippen LogP contribution in [0, 0.1) is 0 Å². The number of hydrogen-bond donors (Lipinski definition) is 1. The van der Waals surface area contributed by atoms with E-state index >= 15 is 0 Å². The molecule has 1 aliphatic heterocycles. The lowest BCUT2D eigenvalue weighted by molar-refractivity contribution is -0.131. The molecular formula is C20H18N2O3. The van der Waals surface area contributed by atoms with Crippen molar-refractivity contribution in [2.24, 2.45) is 0 Å². The first-order valence-electron chi connectivity index (χ1n) is 8.46. The van der Waals surface area contributed by atoms with Crippen LogP contribution in [0.1, 0.15) is 33.5 Å². The molecule has 1 N–H and O–H groups in total. The molecule has 0 radical (unpaired) electrons. The van der Waals surface area contributed by atoms with E-state index in [4.69, 9.17) is 0 Å². The van der Waals surface area contributed by atoms with Crippen molar-refractivity contribution in [3.8, 4) is 0 Å². The molecule has 1 aliphatic carbocycles. The summed E-state index contributed by atoms with van der Waals surface area (Å²) in [5.41, 5.74) is 4.51. The van der Waals surface area contributed by atoms with Crippen LogP contribution < -0.4 is 5.32 Å². The molecule has 2 aromatic carbocycles. The van der Waals surface area contributed by atoms with Gasteiger partial charge in [0, 0.05) is 11.3 Å². The van der Waals surface area contributed by atoms with Crippen LogP contribution in [0.25, 0.3) is 0 Å². The molecule has 5 heteroatoms. The third kappa shape index (κ3) is 2.93. The van der Waals surface area contributed by atoms with Crippen LogP contribution in [-0.4, -0.2) is 29.2 Å². The smallest absolute Gasteiger partial charge is 0.261 e. The van der Waals surface area contributed by atoms with Gasteiger partial charge in [-0.2, -0.15) is 0 Å². The minimum atomic E-state index is -0.407. The van der Waals surface area contributed by atoms with Crippen molar-refractivity contribution in [2.75, 3.05) is 11.9 Å². The summed E-state index contributed by atoms with van der Waals surface area (Å²) in [6.45, 7) is -0.261. The zero-order valence-corrected chi connectivity index (χ0v) is 13.7. The molecule has 5 nitrogen and oxygen atoms in total. The Morgan fingerprint density at radius 1 is 1.00 bits per heavy atom. The highest BCUT2D eigenvalue weighted by molar-refractivity contribution is 6.12. The monoisotopic (exact) mass is 334 g/mol. The van der Waals surface area contributed by atoms with Gasteiger partial charge in [0.05, 0.1) is 6.42 Å². The average Bonchev–Trinajstić information content (AvgIpc) is 3.06. The van der Waals surface area contributed by atoms with Crippen molar-refractivity contribution in [3.63, 3.8) is 0 Å². The lowest BCUT2D eigenvalue weighted by atomic mass is 9.98. The third-order valence-electron chi connectivity index (χ3n) is 4.82. The normalized spacial score (nSPS) is 15.8. The average molecular weight is 334 g/mol. The number of carbonyl (C=O) groups excluding carboxylic acids is 3. The fourth-order valence-corrected chi connectivity index (χ4v) is 3.55. The van der Waals surface area contributed by atoms with Gasteiger partial charge >= 0.3 is 0 Å². The van der Waals surface area contributed by atoms with Crippen molar-refractivity contribution >= 4 is 23.4 Å². The number of imide groups is 1. The van der Waals surface area contributed by atoms with Crippen molar-refractivity contribution < 1.29 is 14.4 Å². The number of anilines is 1. The topological polar surface area (TPSA) is 66.5 Å². The van der Waals surface area contributed by atoms with E-state index in [1.165, 1.54) is 11.1 Å². The molecular weight excluding hydrogens is 316 g/mol. The molecule has 25 heavy (non-hydrogen) atoms. The highest BCUT2D eigenvalue weighted by Gasteiger charge is 2.31. The number of amides is 3. The van der Waals surface area contributed by atoms with Crippen LogP contribution in [0.5, 0.6) is 0 Å². The molecule has 0 spiro atoms. The molecule has 0 saturated heterocycles. The number of benzene rings is 2. The van der Waals surface area contributed by atoms with E-state index in [2.05, 4.69) is 5.32 Å². The number of carbonyl (C=O) groups is 3. The van der Waals surface area contributed by atoms with Gasteiger partial charge in [0.1, 0.15) is 6.54 Å². The van der Waals surface area contributed by atoms with E-state index < -0.39 is 5.91 Å². The van der Waals surface area contributed by atoms with E-state index in [1.54, 1.807) is 24.3 Å². The highest BCUT2D eigenvalue weighted by Crippen LogP contribution is 2.25. The summed E-state index contributed by atoms with van der Waals surface area (Å²) in [6.07, 6.45) is 3.40. The Labute approximate surface area is 145 Å². The maximum absolute atomic E-state index is 12.5. The zero-order valence-electron chi connectivity index (χ0n) is 13.7. The second kappa shape index (κ2) is 6.16. The summed E-state index contributed by atoms with van der Waals surface area (Å²) in [7, 11) is 0. The van der Waals surface area contributed by atoms with Crippen molar-refractivity contribution in [2.45, 2.75) is 25.7 Å². The van der Waals surface area contributed by atoms with Crippen molar-refractivity contribution in [1.82, 2.24) is 4.90 Å². The Morgan fingerprint density at radius 3 is 2.68 bits per heavy atom. The summed E-state index contributed by atoms with van der Waals surface area (Å²) in [6, 6.07) is 12.9. The predicted molar refractivity (Wildman–Crippen MR) is 93.3 cm³/mol. The summed E-state index contributed by atoms with van der Waals surface area (Å²) >= 11 is 0. The van der Waals surface area contributed by atoms with Gasteiger partial charge in [-0.1, -0.05) is 24.3 Å². The van der Waals surface area contributed by atoms with Gasteiger partial charge in [-0.15, -0.1) is 0 Å². The molecule has 4 rings (SSSR count). The number of nitrogens with one attached hydrogen (secondary N) is 1. The molecule has 0 aromatic heterocycles. The van der Waals surface area contributed by atoms with Crippen LogP contribution in [0.2, 0.25) is 0 Å². The second-order valence-electron chi connectivity index (χ2n) is 6.50. The Hall–Kier alpha value is -2.95. The maximum Gasteiger partial charge on any atom is 0.261 e. The molecule has 1 heterocycles. The molecule has 0 atom stereocenters. The van der Waals surface area contributed by atoms with Crippen LogP contribution >= 0.6 is 0 Å². The van der Waals surface area contributed by atoms with Gasteiger partial charge in [0.2, 0.25) is 11.8 Å². The van der Waals surface area contributed by atoms with Crippen LogP contribution in [0.15, 0.2) is 42.5 Å². The molecule has 3 amide bonds. The van der Waals surface area contributed by atoms with Gasteiger partial charge in [-0.3, -0.25) is 19.3 Å². The number of fused-ring (bicyclic) bond motifs is 2. The molecule has 2 aromatic rings. The number of nitrogens with zero attached hydrogens (tertiary/aromatic N) is 1. The van der Waals surface area contributed by atoms with Gasteiger partial charge < -0.3 is 5.32 Å². The summed E-state index contributed by atoms with van der Waals surface area (Å²) in [5, 5.41) is 2.80. The molecule has 0 unspecified atom stereocenters. The standard InChI is InChI=1S/C20H18N2O3/c23-18(21-16-9-8-13-5-3-6-14(13)10-16)12-22-19(24)11-15-4-1-2-7-17(15)20(22)25/h1-2,4,7-10H,3,5-6,11-12H2,(H,21,23). The Balaban J connectivity index is 1.47. The van der Waals surface area contributed by atoms with Crippen LogP contribution in [0.4, 0.5) is 5.69 Å². The molecule has 126 valence electrons. The maximum atomic E-state index is 12.5. The van der Waals surface area contributed by atoms with E-state index in [0.717, 1.165) is 24.2 Å². The largest absolute Gasteiger partial charge is 0.325 e. The van der Waals surface area contributed by atoms with E-state index in [-0.39, 0.29) is 24.8 Å². The summed E-state index contributed by atoms with van der Waals surface area (Å²) in [4.78, 5) is 38.1. The van der Waals surface area contributed by atoms with Crippen molar-refractivity contribution in [1.29, 1.82) is 0 Å². The predicted octanol–water partition coefficient (Wildman–Crippen LogP) is 2.34. The molecule has 0 saturated carbocycles. The summed E-state index contributed by atoms with van der Waals surface area (Å²) in [5.74, 6) is -1.11. The second-order valence-corrected chi connectivity index (χ2v) is 6.50. The Morgan fingerprint density at radius 2 is 1.80 bits per heavy atom. The summed E-state index contributed by atoms with van der Waals surface area (Å²) < 4.78 is 0. The van der Waals surface area contributed by atoms with Crippen molar-refractivity contribution in [3.05, 3.63) is 64.7 Å². The minimum absolute atomic E-state index is 0.147. The van der Waals surface area contributed by atoms with E-state index in [9.17, 15) is 14.4 Å². The van der Waals surface area contributed by atoms with Gasteiger partial charge in [0.15, 0.2) is 0 Å². The first kappa shape index (κ1) is 15.6. The van der Waals surface area contributed by atoms with E-state index in [0.29, 0.717) is 16.8 Å². The number of hydrogen-bond acceptors (Lipinski definition) is 3. The minimum Gasteiger partial charge on any atom is -0.325 e. The van der Waals surface area contributed by atoms with Gasteiger partial charge in [-0.05, 0) is 54.2 Å². The van der Waals surface area contributed by atoms with Crippen LogP contribution in [-0.2, 0) is 28.9 Å². The molecule has 2 aliphatic rings. The highest BCUT2D eigenvalue weighted by atomic mass is 16.2. The zero-order chi connectivity index (χ0) is 17.4. The molecule has 0 fully saturated rings. The quantitative estimate of drug-likeness (QED) is 0.876. The first-order chi connectivity index (χ1) is 12.1. The SMILES string of the molecule is O=C(CN1C(=O)Cc2ccccc2C1=O)Nc1ccc2c(c1)CCC2. The fraction of sp³-hybridized carbons (Fsp3) is 0.250.